The Bertz CT molecular complexity index is 919. The Morgan fingerprint density at radius 2 is 1.59 bits per heavy atom. The van der Waals surface area contributed by atoms with Gasteiger partial charge in [0, 0.05) is 36.9 Å². The number of benzene rings is 2. The van der Waals surface area contributed by atoms with Gasteiger partial charge in [-0.15, -0.1) is 0 Å². The number of rotatable bonds is 5. The van der Waals surface area contributed by atoms with E-state index in [1.165, 1.54) is 5.56 Å². The van der Waals surface area contributed by atoms with Gasteiger partial charge < -0.3 is 9.88 Å². The summed E-state index contributed by atoms with van der Waals surface area (Å²) in [6.07, 6.45) is 3.13. The van der Waals surface area contributed by atoms with E-state index in [2.05, 4.69) is 52.3 Å². The SMILES string of the molecule is Cc1[nH]c(=O)n(C2CCN(CCc3ccccc3)CC2)c1-c1ccccc1. The van der Waals surface area contributed by atoms with Gasteiger partial charge in [-0.05, 0) is 31.7 Å². The lowest BCUT2D eigenvalue weighted by Gasteiger charge is -2.33. The molecule has 0 aliphatic carbocycles. The van der Waals surface area contributed by atoms with Crippen molar-refractivity contribution in [3.63, 3.8) is 0 Å². The first kappa shape index (κ1) is 17.8. The van der Waals surface area contributed by atoms with Crippen LogP contribution in [0.2, 0.25) is 0 Å². The molecule has 1 aromatic heterocycles. The molecule has 0 amide bonds. The first-order chi connectivity index (χ1) is 13.2. The number of aromatic amines is 1. The zero-order valence-electron chi connectivity index (χ0n) is 15.9. The molecule has 2 aromatic carbocycles. The maximum Gasteiger partial charge on any atom is 0.326 e. The van der Waals surface area contributed by atoms with E-state index in [9.17, 15) is 4.79 Å². The van der Waals surface area contributed by atoms with Gasteiger partial charge in [0.2, 0.25) is 0 Å². The minimum Gasteiger partial charge on any atom is -0.309 e. The van der Waals surface area contributed by atoms with Gasteiger partial charge in [-0.3, -0.25) is 4.57 Å². The highest BCUT2D eigenvalue weighted by atomic mass is 16.1. The van der Waals surface area contributed by atoms with E-state index in [1.807, 2.05) is 29.7 Å². The summed E-state index contributed by atoms with van der Waals surface area (Å²) < 4.78 is 2.00. The van der Waals surface area contributed by atoms with E-state index >= 15 is 0 Å². The average Bonchev–Trinajstić information content (AvgIpc) is 3.02. The first-order valence-electron chi connectivity index (χ1n) is 9.85. The largest absolute Gasteiger partial charge is 0.326 e. The Balaban J connectivity index is 1.45. The Labute approximate surface area is 160 Å². The lowest BCUT2D eigenvalue weighted by Crippen LogP contribution is -2.38. The average molecular weight is 361 g/mol. The van der Waals surface area contributed by atoms with Crippen LogP contribution in [0.15, 0.2) is 65.5 Å². The summed E-state index contributed by atoms with van der Waals surface area (Å²) in [6.45, 7) is 5.17. The van der Waals surface area contributed by atoms with Gasteiger partial charge in [0.15, 0.2) is 0 Å². The van der Waals surface area contributed by atoms with E-state index < -0.39 is 0 Å². The molecule has 1 aliphatic rings. The fourth-order valence-electron chi connectivity index (χ4n) is 4.20. The number of piperidine rings is 1. The Morgan fingerprint density at radius 1 is 0.963 bits per heavy atom. The third-order valence-electron chi connectivity index (χ3n) is 5.64. The van der Waals surface area contributed by atoms with E-state index in [-0.39, 0.29) is 11.7 Å². The van der Waals surface area contributed by atoms with Crippen LogP contribution in [0.1, 0.15) is 30.1 Å². The number of nitrogens with one attached hydrogen (secondary N) is 1. The summed E-state index contributed by atoms with van der Waals surface area (Å²) in [5.74, 6) is 0. The maximum absolute atomic E-state index is 12.6. The third-order valence-corrected chi connectivity index (χ3v) is 5.64. The predicted molar refractivity (Wildman–Crippen MR) is 110 cm³/mol. The van der Waals surface area contributed by atoms with Crippen molar-refractivity contribution in [1.29, 1.82) is 0 Å². The number of aromatic nitrogens is 2. The molecule has 4 rings (SSSR count). The van der Waals surface area contributed by atoms with Crippen molar-refractivity contribution in [3.05, 3.63) is 82.4 Å². The van der Waals surface area contributed by atoms with Crippen LogP contribution in [0.25, 0.3) is 11.3 Å². The fraction of sp³-hybridized carbons (Fsp3) is 0.348. The molecular formula is C23H27N3O. The van der Waals surface area contributed by atoms with Crippen LogP contribution in [-0.4, -0.2) is 34.1 Å². The van der Waals surface area contributed by atoms with Crippen molar-refractivity contribution in [2.24, 2.45) is 0 Å². The van der Waals surface area contributed by atoms with Gasteiger partial charge in [0.25, 0.3) is 0 Å². The van der Waals surface area contributed by atoms with Gasteiger partial charge in [0.05, 0.1) is 5.69 Å². The number of hydrogen-bond acceptors (Lipinski definition) is 2. The third kappa shape index (κ3) is 3.91. The molecule has 0 unspecified atom stereocenters. The van der Waals surface area contributed by atoms with Crippen LogP contribution in [0.5, 0.6) is 0 Å². The first-order valence-corrected chi connectivity index (χ1v) is 9.85. The van der Waals surface area contributed by atoms with Crippen LogP contribution < -0.4 is 5.69 Å². The van der Waals surface area contributed by atoms with Crippen molar-refractivity contribution in [1.82, 2.24) is 14.5 Å². The molecule has 140 valence electrons. The van der Waals surface area contributed by atoms with Crippen molar-refractivity contribution < 1.29 is 0 Å². The molecule has 4 heteroatoms. The predicted octanol–water partition coefficient (Wildman–Crippen LogP) is 4.03. The van der Waals surface area contributed by atoms with E-state index in [4.69, 9.17) is 0 Å². The molecule has 1 N–H and O–H groups in total. The molecule has 27 heavy (non-hydrogen) atoms. The minimum atomic E-state index is 0.0223. The summed E-state index contributed by atoms with van der Waals surface area (Å²) >= 11 is 0. The van der Waals surface area contributed by atoms with Gasteiger partial charge in [-0.2, -0.15) is 0 Å². The van der Waals surface area contributed by atoms with Gasteiger partial charge in [-0.1, -0.05) is 60.7 Å². The molecule has 0 atom stereocenters. The molecule has 1 saturated heterocycles. The number of hydrogen-bond donors (Lipinski definition) is 1. The second-order valence-electron chi connectivity index (χ2n) is 7.45. The molecule has 0 radical (unpaired) electrons. The summed E-state index contributed by atoms with van der Waals surface area (Å²) in [5, 5.41) is 0. The highest BCUT2D eigenvalue weighted by Crippen LogP contribution is 2.29. The summed E-state index contributed by atoms with van der Waals surface area (Å²) in [4.78, 5) is 18.2. The second-order valence-corrected chi connectivity index (χ2v) is 7.45. The molecule has 4 nitrogen and oxygen atoms in total. The van der Waals surface area contributed by atoms with Crippen molar-refractivity contribution >= 4 is 0 Å². The van der Waals surface area contributed by atoms with Gasteiger partial charge in [0.1, 0.15) is 0 Å². The van der Waals surface area contributed by atoms with Gasteiger partial charge in [-0.25, -0.2) is 4.79 Å². The minimum absolute atomic E-state index is 0.0223. The number of likely N-dealkylation sites (tertiary alicyclic amines) is 1. The fourth-order valence-corrected chi connectivity index (χ4v) is 4.20. The second kappa shape index (κ2) is 7.97. The Kier molecular flexibility index (Phi) is 5.26. The van der Waals surface area contributed by atoms with Crippen LogP contribution in [0, 0.1) is 6.92 Å². The van der Waals surface area contributed by atoms with E-state index in [1.54, 1.807) is 0 Å². The van der Waals surface area contributed by atoms with Crippen LogP contribution in [0.3, 0.4) is 0 Å². The highest BCUT2D eigenvalue weighted by molar-refractivity contribution is 5.62. The zero-order valence-corrected chi connectivity index (χ0v) is 15.9. The number of imidazole rings is 1. The molecule has 0 bridgehead atoms. The van der Waals surface area contributed by atoms with E-state index in [0.717, 1.165) is 55.8 Å². The lowest BCUT2D eigenvalue weighted by atomic mass is 10.0. The Morgan fingerprint density at radius 3 is 2.26 bits per heavy atom. The van der Waals surface area contributed by atoms with Crippen LogP contribution >= 0.6 is 0 Å². The topological polar surface area (TPSA) is 41.0 Å². The molecule has 0 saturated carbocycles. The van der Waals surface area contributed by atoms with Crippen molar-refractivity contribution in [2.75, 3.05) is 19.6 Å². The van der Waals surface area contributed by atoms with Crippen molar-refractivity contribution in [3.8, 4) is 11.3 Å². The Hall–Kier alpha value is -2.59. The molecule has 0 spiro atoms. The molecule has 3 aromatic rings. The number of H-pyrrole nitrogens is 1. The quantitative estimate of drug-likeness (QED) is 0.745. The standard InChI is InChI=1S/C23H27N3O/c1-18-22(20-10-6-3-7-11-20)26(23(27)24-18)21-13-16-25(17-14-21)15-12-19-8-4-2-5-9-19/h2-11,21H,12-17H2,1H3,(H,24,27). The summed E-state index contributed by atoms with van der Waals surface area (Å²) in [5.41, 5.74) is 4.53. The maximum atomic E-state index is 12.6. The zero-order chi connectivity index (χ0) is 18.6. The monoisotopic (exact) mass is 361 g/mol. The summed E-state index contributed by atoms with van der Waals surface area (Å²) in [6, 6.07) is 21.2. The smallest absolute Gasteiger partial charge is 0.309 e. The highest BCUT2D eigenvalue weighted by Gasteiger charge is 2.25. The molecular weight excluding hydrogens is 334 g/mol. The lowest BCUT2D eigenvalue weighted by molar-refractivity contribution is 0.187. The molecule has 2 heterocycles. The number of aryl methyl sites for hydroxylation is 1. The van der Waals surface area contributed by atoms with Crippen LogP contribution in [0.4, 0.5) is 0 Å². The molecule has 1 aliphatic heterocycles. The van der Waals surface area contributed by atoms with E-state index in [0.29, 0.717) is 0 Å². The van der Waals surface area contributed by atoms with Crippen LogP contribution in [-0.2, 0) is 6.42 Å². The van der Waals surface area contributed by atoms with Gasteiger partial charge >= 0.3 is 5.69 Å². The number of nitrogens with zero attached hydrogens (tertiary/aromatic N) is 2. The molecule has 1 fully saturated rings. The van der Waals surface area contributed by atoms with Crippen molar-refractivity contribution in [2.45, 2.75) is 32.2 Å². The normalized spacial score (nSPS) is 15.9. The summed E-state index contributed by atoms with van der Waals surface area (Å²) in [7, 11) is 0.